The molecule has 0 radical (unpaired) electrons. The lowest BCUT2D eigenvalue weighted by Crippen LogP contribution is -2.39. The Balaban J connectivity index is 2.65. The minimum absolute atomic E-state index is 0.0346. The Hall–Kier alpha value is -1.56. The SMILES string of the molecule is CCN(CC(C)C(N)=NO)C(=O)Cc1ccc(Br)cc1. The molecule has 1 aromatic rings. The number of carbonyl (C=O) groups excluding carboxylic acids is 1. The molecule has 1 unspecified atom stereocenters. The number of amides is 1. The maximum atomic E-state index is 12.2. The lowest BCUT2D eigenvalue weighted by Gasteiger charge is -2.24. The van der Waals surface area contributed by atoms with Crippen molar-refractivity contribution in [3.05, 3.63) is 34.3 Å². The maximum absolute atomic E-state index is 12.2. The number of amidine groups is 1. The van der Waals surface area contributed by atoms with E-state index in [9.17, 15) is 4.79 Å². The van der Waals surface area contributed by atoms with Gasteiger partial charge in [-0.1, -0.05) is 40.1 Å². The number of oxime groups is 1. The second-order valence-corrected chi connectivity index (χ2v) is 5.58. The van der Waals surface area contributed by atoms with Gasteiger partial charge in [-0.15, -0.1) is 0 Å². The van der Waals surface area contributed by atoms with Crippen LogP contribution in [0.5, 0.6) is 0 Å². The number of hydrogen-bond donors (Lipinski definition) is 2. The van der Waals surface area contributed by atoms with Gasteiger partial charge in [-0.2, -0.15) is 0 Å². The standard InChI is InChI=1S/C14H20BrN3O2/c1-3-18(9-10(2)14(16)17-20)13(19)8-11-4-6-12(15)7-5-11/h4-7,10,20H,3,8-9H2,1-2H3,(H2,16,17). The molecule has 20 heavy (non-hydrogen) atoms. The summed E-state index contributed by atoms with van der Waals surface area (Å²) >= 11 is 3.36. The first-order valence-electron chi connectivity index (χ1n) is 6.47. The normalized spacial score (nSPS) is 13.1. The molecule has 1 amide bonds. The summed E-state index contributed by atoms with van der Waals surface area (Å²) in [5.74, 6) is 0.00104. The molecule has 0 heterocycles. The zero-order valence-electron chi connectivity index (χ0n) is 11.7. The van der Waals surface area contributed by atoms with Crippen molar-refractivity contribution < 1.29 is 10.0 Å². The van der Waals surface area contributed by atoms with Crippen molar-refractivity contribution >= 4 is 27.7 Å². The molecule has 0 aliphatic rings. The second-order valence-electron chi connectivity index (χ2n) is 4.66. The van der Waals surface area contributed by atoms with Crippen LogP contribution in [0.25, 0.3) is 0 Å². The highest BCUT2D eigenvalue weighted by atomic mass is 79.9. The van der Waals surface area contributed by atoms with E-state index in [1.807, 2.05) is 38.1 Å². The van der Waals surface area contributed by atoms with Crippen molar-refractivity contribution in [3.8, 4) is 0 Å². The van der Waals surface area contributed by atoms with E-state index in [-0.39, 0.29) is 17.7 Å². The molecule has 0 aromatic heterocycles. The fraction of sp³-hybridized carbons (Fsp3) is 0.429. The number of benzene rings is 1. The first-order valence-corrected chi connectivity index (χ1v) is 7.26. The number of carbonyl (C=O) groups is 1. The number of likely N-dealkylation sites (N-methyl/N-ethyl adjacent to an activating group) is 1. The third-order valence-corrected chi connectivity index (χ3v) is 3.65. The van der Waals surface area contributed by atoms with Crippen LogP contribution < -0.4 is 5.73 Å². The van der Waals surface area contributed by atoms with Crippen molar-refractivity contribution in [2.75, 3.05) is 13.1 Å². The molecule has 0 aliphatic carbocycles. The summed E-state index contributed by atoms with van der Waals surface area (Å²) in [6, 6.07) is 7.67. The first kappa shape index (κ1) is 16.5. The van der Waals surface area contributed by atoms with Crippen molar-refractivity contribution in [1.29, 1.82) is 0 Å². The second kappa shape index (κ2) is 7.89. The molecule has 0 fully saturated rings. The summed E-state index contributed by atoms with van der Waals surface area (Å²) in [4.78, 5) is 14.0. The average Bonchev–Trinajstić information content (AvgIpc) is 2.45. The molecule has 5 nitrogen and oxygen atoms in total. The number of halogens is 1. The molecule has 1 aromatic carbocycles. The summed E-state index contributed by atoms with van der Waals surface area (Å²) in [5.41, 5.74) is 6.51. The Morgan fingerprint density at radius 1 is 1.45 bits per heavy atom. The van der Waals surface area contributed by atoms with Crippen LogP contribution in [-0.4, -0.2) is 34.9 Å². The van der Waals surface area contributed by atoms with Crippen LogP contribution in [0.1, 0.15) is 19.4 Å². The van der Waals surface area contributed by atoms with E-state index >= 15 is 0 Å². The van der Waals surface area contributed by atoms with E-state index in [1.165, 1.54) is 0 Å². The number of nitrogens with zero attached hydrogens (tertiary/aromatic N) is 2. The molecule has 3 N–H and O–H groups in total. The minimum Gasteiger partial charge on any atom is -0.409 e. The van der Waals surface area contributed by atoms with E-state index in [2.05, 4.69) is 21.1 Å². The zero-order chi connectivity index (χ0) is 15.1. The fourth-order valence-electron chi connectivity index (χ4n) is 1.82. The highest BCUT2D eigenvalue weighted by Crippen LogP contribution is 2.12. The van der Waals surface area contributed by atoms with Crippen molar-refractivity contribution in [2.45, 2.75) is 20.3 Å². The van der Waals surface area contributed by atoms with Crippen LogP contribution in [0.2, 0.25) is 0 Å². The molecule has 0 spiro atoms. The zero-order valence-corrected chi connectivity index (χ0v) is 13.3. The van der Waals surface area contributed by atoms with Crippen LogP contribution >= 0.6 is 15.9 Å². The Morgan fingerprint density at radius 2 is 2.05 bits per heavy atom. The van der Waals surface area contributed by atoms with Crippen molar-refractivity contribution in [3.63, 3.8) is 0 Å². The van der Waals surface area contributed by atoms with E-state index in [0.717, 1.165) is 10.0 Å². The monoisotopic (exact) mass is 341 g/mol. The van der Waals surface area contributed by atoms with Gasteiger partial charge in [-0.3, -0.25) is 4.79 Å². The molecule has 0 aliphatic heterocycles. The number of rotatable bonds is 6. The van der Waals surface area contributed by atoms with Gasteiger partial charge in [0.1, 0.15) is 5.84 Å². The predicted octanol–water partition coefficient (Wildman–Crippen LogP) is 2.22. The molecule has 0 saturated carbocycles. The van der Waals surface area contributed by atoms with Gasteiger partial charge in [0.15, 0.2) is 0 Å². The molecular weight excluding hydrogens is 322 g/mol. The smallest absolute Gasteiger partial charge is 0.227 e. The third-order valence-electron chi connectivity index (χ3n) is 3.12. The van der Waals surface area contributed by atoms with E-state index in [0.29, 0.717) is 19.5 Å². The summed E-state index contributed by atoms with van der Waals surface area (Å²) in [6.45, 7) is 4.78. The van der Waals surface area contributed by atoms with Crippen LogP contribution in [0.4, 0.5) is 0 Å². The lowest BCUT2D eigenvalue weighted by atomic mass is 10.1. The average molecular weight is 342 g/mol. The molecular formula is C14H20BrN3O2. The van der Waals surface area contributed by atoms with Crippen LogP contribution in [0.3, 0.4) is 0 Å². The van der Waals surface area contributed by atoms with E-state index < -0.39 is 0 Å². The predicted molar refractivity (Wildman–Crippen MR) is 82.7 cm³/mol. The van der Waals surface area contributed by atoms with Gasteiger partial charge in [-0.25, -0.2) is 0 Å². The Bertz CT molecular complexity index is 474. The highest BCUT2D eigenvalue weighted by Gasteiger charge is 2.17. The molecule has 1 atom stereocenters. The molecule has 0 saturated heterocycles. The van der Waals surface area contributed by atoms with Gasteiger partial charge in [0, 0.05) is 23.5 Å². The van der Waals surface area contributed by atoms with Crippen molar-refractivity contribution in [2.24, 2.45) is 16.8 Å². The fourth-order valence-corrected chi connectivity index (χ4v) is 2.08. The van der Waals surface area contributed by atoms with E-state index in [4.69, 9.17) is 10.9 Å². The Kier molecular flexibility index (Phi) is 6.51. The van der Waals surface area contributed by atoms with Gasteiger partial charge in [0.25, 0.3) is 0 Å². The molecule has 110 valence electrons. The van der Waals surface area contributed by atoms with Gasteiger partial charge in [0.05, 0.1) is 6.42 Å². The topological polar surface area (TPSA) is 78.9 Å². The quantitative estimate of drug-likeness (QED) is 0.360. The summed E-state index contributed by atoms with van der Waals surface area (Å²) < 4.78 is 0.988. The van der Waals surface area contributed by atoms with Crippen molar-refractivity contribution in [1.82, 2.24) is 4.90 Å². The summed E-state index contributed by atoms with van der Waals surface area (Å²) in [6.07, 6.45) is 0.351. The van der Waals surface area contributed by atoms with Gasteiger partial charge in [0.2, 0.25) is 5.91 Å². The first-order chi connectivity index (χ1) is 9.47. The third kappa shape index (κ3) is 4.85. The van der Waals surface area contributed by atoms with Crippen LogP contribution in [0, 0.1) is 5.92 Å². The Morgan fingerprint density at radius 3 is 2.55 bits per heavy atom. The molecule has 6 heteroatoms. The maximum Gasteiger partial charge on any atom is 0.227 e. The van der Waals surface area contributed by atoms with Gasteiger partial charge >= 0.3 is 0 Å². The number of hydrogen-bond acceptors (Lipinski definition) is 3. The van der Waals surface area contributed by atoms with Crippen LogP contribution in [-0.2, 0) is 11.2 Å². The minimum atomic E-state index is -0.172. The highest BCUT2D eigenvalue weighted by molar-refractivity contribution is 9.10. The Labute approximate surface area is 127 Å². The largest absolute Gasteiger partial charge is 0.409 e. The van der Waals surface area contributed by atoms with Gasteiger partial charge < -0.3 is 15.8 Å². The lowest BCUT2D eigenvalue weighted by molar-refractivity contribution is -0.130. The van der Waals surface area contributed by atoms with Crippen LogP contribution in [0.15, 0.2) is 33.9 Å². The summed E-state index contributed by atoms with van der Waals surface area (Å²) in [7, 11) is 0. The van der Waals surface area contributed by atoms with Gasteiger partial charge in [-0.05, 0) is 24.6 Å². The summed E-state index contributed by atoms with van der Waals surface area (Å²) in [5, 5.41) is 11.6. The van der Waals surface area contributed by atoms with E-state index in [1.54, 1.807) is 4.90 Å². The molecule has 1 rings (SSSR count). The molecule has 0 bridgehead atoms. The number of nitrogens with two attached hydrogens (primary N) is 1.